The van der Waals surface area contributed by atoms with Crippen molar-refractivity contribution in [2.24, 2.45) is 0 Å². The molecule has 2 aromatic carbocycles. The summed E-state index contributed by atoms with van der Waals surface area (Å²) in [5, 5.41) is -2.10. The third-order valence-electron chi connectivity index (χ3n) is 2.53. The van der Waals surface area contributed by atoms with Gasteiger partial charge in [0.05, 0.1) is 6.42 Å². The molecule has 1 unspecified atom stereocenters. The maximum absolute atomic E-state index is 13.2. The van der Waals surface area contributed by atoms with E-state index in [-0.39, 0.29) is 0 Å². The van der Waals surface area contributed by atoms with Gasteiger partial charge in [0, 0.05) is 0 Å². The second-order valence-corrected chi connectivity index (χ2v) is 4.80. The van der Waals surface area contributed by atoms with E-state index in [0.29, 0.717) is 10.9 Å². The van der Waals surface area contributed by atoms with Gasteiger partial charge in [0.2, 0.25) is 11.1 Å². The van der Waals surface area contributed by atoms with Crippen molar-refractivity contribution in [3.63, 3.8) is 0 Å². The molecule has 0 saturated carbocycles. The normalized spacial score (nSPS) is 13.8. The first-order valence-electron chi connectivity index (χ1n) is 4.96. The minimum Gasteiger partial charge on any atom is -0.301 e. The van der Waals surface area contributed by atoms with Crippen LogP contribution in [-0.2, 0) is 17.5 Å². The van der Waals surface area contributed by atoms with Crippen LogP contribution in [0, 0.1) is 0 Å². The minimum atomic E-state index is -3.62. The highest BCUT2D eigenvalue weighted by Crippen LogP contribution is 2.27. The fourth-order valence-corrected chi connectivity index (χ4v) is 2.01. The van der Waals surface area contributed by atoms with Crippen LogP contribution in [0.5, 0.6) is 0 Å². The van der Waals surface area contributed by atoms with Crippen LogP contribution in [0.15, 0.2) is 42.5 Å². The molecule has 1 atom stereocenters. The van der Waals surface area contributed by atoms with Gasteiger partial charge in [-0.1, -0.05) is 42.5 Å². The van der Waals surface area contributed by atoms with Crippen LogP contribution in [0.4, 0.5) is 8.78 Å². The summed E-state index contributed by atoms with van der Waals surface area (Å²) in [5.41, 5.74) is 0.371. The van der Waals surface area contributed by atoms with Gasteiger partial charge in [-0.05, 0) is 16.3 Å². The number of hydrogen-bond donors (Lipinski definition) is 1. The van der Waals surface area contributed by atoms with Crippen LogP contribution in [0.25, 0.3) is 10.8 Å². The van der Waals surface area contributed by atoms with E-state index in [1.165, 1.54) is 0 Å². The lowest BCUT2D eigenvalue weighted by atomic mass is 10.0. The standard InChI is InChI=1S/C12H10F2O2S/c13-12(14,17(15)16)8-10-6-3-5-9-4-1-2-7-11(9)10/h1-7H,8H2,(H,15,16). The Kier molecular flexibility index (Phi) is 3.22. The van der Waals surface area contributed by atoms with Crippen molar-refractivity contribution in [1.82, 2.24) is 0 Å². The Morgan fingerprint density at radius 2 is 1.76 bits per heavy atom. The second-order valence-electron chi connectivity index (χ2n) is 3.70. The molecule has 17 heavy (non-hydrogen) atoms. The first-order valence-corrected chi connectivity index (χ1v) is 6.07. The molecule has 0 aliphatic rings. The average molecular weight is 256 g/mol. The highest BCUT2D eigenvalue weighted by Gasteiger charge is 2.37. The molecule has 2 nitrogen and oxygen atoms in total. The lowest BCUT2D eigenvalue weighted by Crippen LogP contribution is -2.25. The smallest absolute Gasteiger partial charge is 0.301 e. The second kappa shape index (κ2) is 4.50. The summed E-state index contributed by atoms with van der Waals surface area (Å²) in [6, 6.07) is 12.1. The highest BCUT2D eigenvalue weighted by molar-refractivity contribution is 7.80. The highest BCUT2D eigenvalue weighted by atomic mass is 32.2. The number of halogens is 2. The van der Waals surface area contributed by atoms with Crippen molar-refractivity contribution in [2.75, 3.05) is 0 Å². The van der Waals surface area contributed by atoms with E-state index in [2.05, 4.69) is 0 Å². The minimum absolute atomic E-state index is 0.371. The fourth-order valence-electron chi connectivity index (χ4n) is 1.73. The van der Waals surface area contributed by atoms with Gasteiger partial charge in [0.1, 0.15) is 0 Å². The molecular weight excluding hydrogens is 246 g/mol. The predicted molar refractivity (Wildman–Crippen MR) is 63.4 cm³/mol. The first kappa shape index (κ1) is 12.1. The molecule has 0 fully saturated rings. The number of rotatable bonds is 3. The number of fused-ring (bicyclic) bond motifs is 1. The SMILES string of the molecule is O=S(O)C(F)(F)Cc1cccc2ccccc12. The molecule has 0 spiro atoms. The molecule has 5 heteroatoms. The van der Waals surface area contributed by atoms with Gasteiger partial charge in [-0.25, -0.2) is 4.21 Å². The summed E-state index contributed by atoms with van der Waals surface area (Å²) in [6.45, 7) is 0. The molecule has 0 aliphatic carbocycles. The first-order chi connectivity index (χ1) is 8.00. The molecule has 0 saturated heterocycles. The molecule has 1 N–H and O–H groups in total. The molecule has 0 radical (unpaired) electrons. The number of benzene rings is 2. The van der Waals surface area contributed by atoms with E-state index in [0.717, 1.165) is 5.39 Å². The van der Waals surface area contributed by atoms with Gasteiger partial charge in [-0.3, -0.25) is 0 Å². The average Bonchev–Trinajstić information content (AvgIpc) is 2.29. The Hall–Kier alpha value is -1.33. The van der Waals surface area contributed by atoms with Crippen molar-refractivity contribution < 1.29 is 17.5 Å². The summed E-state index contributed by atoms with van der Waals surface area (Å²) < 4.78 is 45.5. The van der Waals surface area contributed by atoms with Gasteiger partial charge in [-0.15, -0.1) is 0 Å². The Bertz CT molecular complexity index is 564. The lowest BCUT2D eigenvalue weighted by Gasteiger charge is -2.13. The topological polar surface area (TPSA) is 37.3 Å². The molecule has 0 amide bonds. The molecule has 2 aromatic rings. The van der Waals surface area contributed by atoms with Gasteiger partial charge < -0.3 is 4.55 Å². The molecule has 0 heterocycles. The Labute approximate surface area is 99.6 Å². The fraction of sp³-hybridized carbons (Fsp3) is 0.167. The Morgan fingerprint density at radius 3 is 2.47 bits per heavy atom. The summed E-state index contributed by atoms with van der Waals surface area (Å²) in [4.78, 5) is 0. The van der Waals surface area contributed by atoms with E-state index in [1.807, 2.05) is 18.2 Å². The largest absolute Gasteiger partial charge is 0.349 e. The maximum Gasteiger partial charge on any atom is 0.349 e. The maximum atomic E-state index is 13.2. The summed E-state index contributed by atoms with van der Waals surface area (Å²) in [6.07, 6.45) is -0.739. The summed E-state index contributed by atoms with van der Waals surface area (Å²) >= 11 is -3.15. The van der Waals surface area contributed by atoms with Gasteiger partial charge in [-0.2, -0.15) is 8.78 Å². The molecule has 0 bridgehead atoms. The van der Waals surface area contributed by atoms with Crippen LogP contribution in [0.2, 0.25) is 0 Å². The van der Waals surface area contributed by atoms with Gasteiger partial charge >= 0.3 is 5.25 Å². The zero-order chi connectivity index (χ0) is 12.5. The van der Waals surface area contributed by atoms with Crippen molar-refractivity contribution in [3.05, 3.63) is 48.0 Å². The van der Waals surface area contributed by atoms with Crippen molar-refractivity contribution >= 4 is 21.9 Å². The third kappa shape index (κ3) is 2.50. The number of alkyl halides is 2. The van der Waals surface area contributed by atoms with Crippen LogP contribution in [-0.4, -0.2) is 14.0 Å². The molecule has 0 aromatic heterocycles. The van der Waals surface area contributed by atoms with E-state index in [4.69, 9.17) is 4.55 Å². The lowest BCUT2D eigenvalue weighted by molar-refractivity contribution is 0.0910. The monoisotopic (exact) mass is 256 g/mol. The summed E-state index contributed by atoms with van der Waals surface area (Å²) in [5.74, 6) is 0. The molecule has 90 valence electrons. The molecular formula is C12H10F2O2S. The Balaban J connectivity index is 2.46. The van der Waals surface area contributed by atoms with E-state index >= 15 is 0 Å². The number of hydrogen-bond acceptors (Lipinski definition) is 1. The van der Waals surface area contributed by atoms with Crippen molar-refractivity contribution in [2.45, 2.75) is 11.7 Å². The van der Waals surface area contributed by atoms with Crippen LogP contribution >= 0.6 is 0 Å². The van der Waals surface area contributed by atoms with Gasteiger partial charge in [0.15, 0.2) is 0 Å². The van der Waals surface area contributed by atoms with Crippen LogP contribution in [0.1, 0.15) is 5.56 Å². The quantitative estimate of drug-likeness (QED) is 0.856. The Morgan fingerprint density at radius 1 is 1.12 bits per heavy atom. The van der Waals surface area contributed by atoms with Crippen LogP contribution < -0.4 is 0 Å². The van der Waals surface area contributed by atoms with E-state index in [9.17, 15) is 13.0 Å². The van der Waals surface area contributed by atoms with E-state index < -0.39 is 22.8 Å². The van der Waals surface area contributed by atoms with Crippen LogP contribution in [0.3, 0.4) is 0 Å². The summed E-state index contributed by atoms with van der Waals surface area (Å²) in [7, 11) is 0. The zero-order valence-electron chi connectivity index (χ0n) is 8.77. The molecule has 2 rings (SSSR count). The predicted octanol–water partition coefficient (Wildman–Crippen LogP) is 3.20. The van der Waals surface area contributed by atoms with Crippen molar-refractivity contribution in [3.8, 4) is 0 Å². The molecule has 0 aliphatic heterocycles. The third-order valence-corrected chi connectivity index (χ3v) is 3.19. The van der Waals surface area contributed by atoms with Gasteiger partial charge in [0.25, 0.3) is 0 Å². The van der Waals surface area contributed by atoms with E-state index in [1.54, 1.807) is 24.3 Å². The zero-order valence-corrected chi connectivity index (χ0v) is 9.58. The van der Waals surface area contributed by atoms with Crippen molar-refractivity contribution in [1.29, 1.82) is 0 Å².